The SMILES string of the molecule is Cc1ccc(S(=O)(=O)C(C)c2nc(C)no2)cc1. The number of hydrogen-bond acceptors (Lipinski definition) is 5. The number of benzene rings is 1. The standard InChI is InChI=1S/C12H14N2O3S/c1-8-4-6-11(7-5-8)18(15,16)9(2)12-13-10(3)14-17-12/h4-7,9H,1-3H3. The van der Waals surface area contributed by atoms with Crippen LogP contribution in [0.4, 0.5) is 0 Å². The molecule has 0 saturated heterocycles. The van der Waals surface area contributed by atoms with Gasteiger partial charge in [-0.1, -0.05) is 22.9 Å². The van der Waals surface area contributed by atoms with Gasteiger partial charge in [-0.15, -0.1) is 0 Å². The number of nitrogens with zero attached hydrogens (tertiary/aromatic N) is 2. The van der Waals surface area contributed by atoms with Gasteiger partial charge in [0.1, 0.15) is 5.25 Å². The van der Waals surface area contributed by atoms with Gasteiger partial charge in [-0.25, -0.2) is 8.42 Å². The Hall–Kier alpha value is -1.69. The third kappa shape index (κ3) is 2.28. The highest BCUT2D eigenvalue weighted by atomic mass is 32.2. The predicted octanol–water partition coefficient (Wildman–Crippen LogP) is 2.22. The molecule has 1 atom stereocenters. The lowest BCUT2D eigenvalue weighted by atomic mass is 10.2. The van der Waals surface area contributed by atoms with Gasteiger partial charge in [-0.3, -0.25) is 0 Å². The van der Waals surface area contributed by atoms with E-state index in [-0.39, 0.29) is 10.8 Å². The molecule has 6 heteroatoms. The van der Waals surface area contributed by atoms with E-state index in [1.807, 2.05) is 6.92 Å². The highest BCUT2D eigenvalue weighted by molar-refractivity contribution is 7.91. The quantitative estimate of drug-likeness (QED) is 0.851. The molecule has 5 nitrogen and oxygen atoms in total. The van der Waals surface area contributed by atoms with Crippen molar-refractivity contribution in [2.75, 3.05) is 0 Å². The monoisotopic (exact) mass is 266 g/mol. The van der Waals surface area contributed by atoms with Gasteiger partial charge >= 0.3 is 0 Å². The number of aromatic nitrogens is 2. The molecule has 1 heterocycles. The Balaban J connectivity index is 2.39. The van der Waals surface area contributed by atoms with Crippen molar-refractivity contribution in [3.8, 4) is 0 Å². The van der Waals surface area contributed by atoms with Crippen LogP contribution in [0.25, 0.3) is 0 Å². The van der Waals surface area contributed by atoms with Gasteiger partial charge in [0.05, 0.1) is 4.90 Å². The molecule has 0 radical (unpaired) electrons. The maximum absolute atomic E-state index is 12.3. The first-order chi connectivity index (χ1) is 8.41. The first-order valence-electron chi connectivity index (χ1n) is 5.52. The molecule has 0 aliphatic rings. The zero-order chi connectivity index (χ0) is 13.3. The first kappa shape index (κ1) is 12.8. The van der Waals surface area contributed by atoms with Gasteiger partial charge in [0.25, 0.3) is 0 Å². The van der Waals surface area contributed by atoms with Crippen LogP contribution >= 0.6 is 0 Å². The molecule has 0 N–H and O–H groups in total. The summed E-state index contributed by atoms with van der Waals surface area (Å²) in [7, 11) is -3.49. The van der Waals surface area contributed by atoms with Gasteiger partial charge in [0, 0.05) is 0 Å². The molecule has 1 aromatic carbocycles. The van der Waals surface area contributed by atoms with Gasteiger partial charge in [-0.05, 0) is 32.9 Å². The fraction of sp³-hybridized carbons (Fsp3) is 0.333. The van der Waals surface area contributed by atoms with E-state index in [0.29, 0.717) is 5.82 Å². The smallest absolute Gasteiger partial charge is 0.245 e. The second kappa shape index (κ2) is 4.53. The van der Waals surface area contributed by atoms with Crippen LogP contribution in [0.1, 0.15) is 29.5 Å². The molecule has 0 saturated carbocycles. The third-order valence-corrected chi connectivity index (χ3v) is 4.77. The van der Waals surface area contributed by atoms with E-state index >= 15 is 0 Å². The van der Waals surface area contributed by atoms with E-state index in [2.05, 4.69) is 10.1 Å². The van der Waals surface area contributed by atoms with Crippen LogP contribution in [-0.2, 0) is 9.84 Å². The average molecular weight is 266 g/mol. The number of aryl methyl sites for hydroxylation is 2. The summed E-state index contributed by atoms with van der Waals surface area (Å²) < 4.78 is 29.6. The van der Waals surface area contributed by atoms with E-state index in [9.17, 15) is 8.42 Å². The second-order valence-corrected chi connectivity index (χ2v) is 6.45. The molecular formula is C12H14N2O3S. The summed E-state index contributed by atoms with van der Waals surface area (Å²) in [6.45, 7) is 5.10. The highest BCUT2D eigenvalue weighted by Gasteiger charge is 2.29. The summed E-state index contributed by atoms with van der Waals surface area (Å²) >= 11 is 0. The lowest BCUT2D eigenvalue weighted by Gasteiger charge is -2.09. The molecular weight excluding hydrogens is 252 g/mol. The van der Waals surface area contributed by atoms with Crippen molar-refractivity contribution in [3.63, 3.8) is 0 Å². The second-order valence-electron chi connectivity index (χ2n) is 4.18. The van der Waals surface area contributed by atoms with E-state index in [0.717, 1.165) is 5.56 Å². The molecule has 96 valence electrons. The number of rotatable bonds is 3. The normalized spacial score (nSPS) is 13.5. The largest absolute Gasteiger partial charge is 0.338 e. The van der Waals surface area contributed by atoms with Crippen LogP contribution in [0.3, 0.4) is 0 Å². The zero-order valence-corrected chi connectivity index (χ0v) is 11.2. The number of hydrogen-bond donors (Lipinski definition) is 0. The van der Waals surface area contributed by atoms with Crippen LogP contribution < -0.4 is 0 Å². The van der Waals surface area contributed by atoms with Crippen molar-refractivity contribution >= 4 is 9.84 Å². The Morgan fingerprint density at radius 2 is 1.78 bits per heavy atom. The van der Waals surface area contributed by atoms with E-state index in [1.165, 1.54) is 0 Å². The third-order valence-electron chi connectivity index (χ3n) is 2.71. The molecule has 0 bridgehead atoms. The van der Waals surface area contributed by atoms with Crippen molar-refractivity contribution in [1.82, 2.24) is 10.1 Å². The predicted molar refractivity (Wildman–Crippen MR) is 65.8 cm³/mol. The molecule has 1 unspecified atom stereocenters. The lowest BCUT2D eigenvalue weighted by Crippen LogP contribution is -2.11. The van der Waals surface area contributed by atoms with E-state index in [4.69, 9.17) is 4.52 Å². The van der Waals surface area contributed by atoms with Crippen molar-refractivity contribution < 1.29 is 12.9 Å². The lowest BCUT2D eigenvalue weighted by molar-refractivity contribution is 0.373. The maximum atomic E-state index is 12.3. The summed E-state index contributed by atoms with van der Waals surface area (Å²) in [6, 6.07) is 6.70. The summed E-state index contributed by atoms with van der Waals surface area (Å²) in [5.74, 6) is 0.545. The van der Waals surface area contributed by atoms with E-state index < -0.39 is 15.1 Å². The zero-order valence-electron chi connectivity index (χ0n) is 10.4. The fourth-order valence-corrected chi connectivity index (χ4v) is 2.83. The molecule has 2 rings (SSSR count). The minimum atomic E-state index is -3.49. The van der Waals surface area contributed by atoms with Gasteiger partial charge in [0.2, 0.25) is 5.89 Å². The average Bonchev–Trinajstić information content (AvgIpc) is 2.75. The molecule has 0 spiro atoms. The molecule has 18 heavy (non-hydrogen) atoms. The van der Waals surface area contributed by atoms with Crippen LogP contribution in [0.2, 0.25) is 0 Å². The van der Waals surface area contributed by atoms with Crippen LogP contribution in [-0.4, -0.2) is 18.6 Å². The molecule has 1 aromatic heterocycles. The first-order valence-corrected chi connectivity index (χ1v) is 7.06. The Morgan fingerprint density at radius 3 is 2.28 bits per heavy atom. The molecule has 2 aromatic rings. The van der Waals surface area contributed by atoms with Crippen molar-refractivity contribution in [3.05, 3.63) is 41.5 Å². The maximum Gasteiger partial charge on any atom is 0.245 e. The van der Waals surface area contributed by atoms with Crippen molar-refractivity contribution in [1.29, 1.82) is 0 Å². The minimum Gasteiger partial charge on any atom is -0.338 e. The van der Waals surface area contributed by atoms with E-state index in [1.54, 1.807) is 38.1 Å². The highest BCUT2D eigenvalue weighted by Crippen LogP contribution is 2.27. The molecule has 0 aliphatic carbocycles. The van der Waals surface area contributed by atoms with Gasteiger partial charge in [0.15, 0.2) is 15.7 Å². The summed E-state index contributed by atoms with van der Waals surface area (Å²) in [6.07, 6.45) is 0. The topological polar surface area (TPSA) is 73.1 Å². The van der Waals surface area contributed by atoms with Crippen LogP contribution in [0.15, 0.2) is 33.7 Å². The van der Waals surface area contributed by atoms with Crippen molar-refractivity contribution in [2.24, 2.45) is 0 Å². The Bertz CT molecular complexity index is 644. The van der Waals surface area contributed by atoms with Crippen LogP contribution in [0.5, 0.6) is 0 Å². The number of sulfone groups is 1. The van der Waals surface area contributed by atoms with Gasteiger partial charge < -0.3 is 4.52 Å². The molecule has 0 aliphatic heterocycles. The summed E-state index contributed by atoms with van der Waals surface area (Å²) in [5, 5.41) is 2.76. The van der Waals surface area contributed by atoms with Crippen molar-refractivity contribution in [2.45, 2.75) is 30.9 Å². The minimum absolute atomic E-state index is 0.119. The summed E-state index contributed by atoms with van der Waals surface area (Å²) in [4.78, 5) is 4.22. The van der Waals surface area contributed by atoms with Gasteiger partial charge in [-0.2, -0.15) is 4.98 Å². The van der Waals surface area contributed by atoms with Crippen LogP contribution in [0, 0.1) is 13.8 Å². The molecule has 0 amide bonds. The Morgan fingerprint density at radius 1 is 1.17 bits per heavy atom. The Labute approximate surface area is 106 Å². The summed E-state index contributed by atoms with van der Waals surface area (Å²) in [5.41, 5.74) is 1.01. The molecule has 0 fully saturated rings. The Kier molecular flexibility index (Phi) is 3.21. The fourth-order valence-electron chi connectivity index (χ4n) is 1.54.